The third-order valence-corrected chi connectivity index (χ3v) is 2.55. The van der Waals surface area contributed by atoms with E-state index >= 15 is 0 Å². The van der Waals surface area contributed by atoms with Crippen LogP contribution in [0.2, 0.25) is 0 Å². The summed E-state index contributed by atoms with van der Waals surface area (Å²) < 4.78 is 24.7. The lowest BCUT2D eigenvalue weighted by atomic mass is 10.4. The topological polar surface area (TPSA) is 126 Å². The van der Waals surface area contributed by atoms with Crippen molar-refractivity contribution in [1.82, 2.24) is 0 Å². The molecule has 0 spiro atoms. The second-order valence-corrected chi connectivity index (χ2v) is 4.39. The summed E-state index contributed by atoms with van der Waals surface area (Å²) in [4.78, 5) is 9.08. The fraction of sp³-hybridized carbons (Fsp3) is 1.00. The molecule has 8 nitrogen and oxygen atoms in total. The Balaban J connectivity index is 3.90. The average Bonchev–Trinajstić information content (AvgIpc) is 2.27. The van der Waals surface area contributed by atoms with Gasteiger partial charge < -0.3 is 24.9 Å². The summed E-state index contributed by atoms with van der Waals surface area (Å²) in [5.74, 6) is 0. The van der Waals surface area contributed by atoms with Gasteiger partial charge in [-0.15, -0.1) is 0 Å². The molecule has 0 aliphatic carbocycles. The highest BCUT2D eigenvalue weighted by Gasteiger charge is 2.24. The SMILES string of the molecule is CO[C@H](CO)COP(=O)(O)OC[C@@H](O)CO. The van der Waals surface area contributed by atoms with Gasteiger partial charge in [0.25, 0.3) is 0 Å². The molecule has 0 rings (SSSR count). The molecule has 16 heavy (non-hydrogen) atoms. The molecule has 0 bridgehead atoms. The quantitative estimate of drug-likeness (QED) is 0.368. The van der Waals surface area contributed by atoms with Crippen LogP contribution in [-0.2, 0) is 18.3 Å². The zero-order valence-corrected chi connectivity index (χ0v) is 9.75. The number of hydrogen-bond donors (Lipinski definition) is 4. The molecule has 1 unspecified atom stereocenters. The lowest BCUT2D eigenvalue weighted by molar-refractivity contribution is -0.00279. The molecule has 0 radical (unpaired) electrons. The molecule has 9 heteroatoms. The molecule has 0 fully saturated rings. The van der Waals surface area contributed by atoms with E-state index in [1.165, 1.54) is 7.11 Å². The third kappa shape index (κ3) is 7.26. The maximum absolute atomic E-state index is 11.2. The van der Waals surface area contributed by atoms with Crippen LogP contribution < -0.4 is 0 Å². The summed E-state index contributed by atoms with van der Waals surface area (Å²) in [6.07, 6.45) is -1.98. The van der Waals surface area contributed by atoms with Crippen molar-refractivity contribution in [3.05, 3.63) is 0 Å². The molecule has 0 aromatic heterocycles. The minimum Gasteiger partial charge on any atom is -0.394 e. The Hall–Kier alpha value is -0.0500. The largest absolute Gasteiger partial charge is 0.472 e. The number of phosphoric acid groups is 1. The number of aliphatic hydroxyl groups is 3. The first-order chi connectivity index (χ1) is 7.45. The van der Waals surface area contributed by atoms with E-state index in [0.717, 1.165) is 0 Å². The Labute approximate surface area is 93.0 Å². The second-order valence-electron chi connectivity index (χ2n) is 2.94. The highest BCUT2D eigenvalue weighted by Crippen LogP contribution is 2.43. The van der Waals surface area contributed by atoms with Crippen LogP contribution in [0.15, 0.2) is 0 Å². The predicted octanol–water partition coefficient (Wildman–Crippen LogP) is -1.52. The van der Waals surface area contributed by atoms with E-state index in [9.17, 15) is 4.57 Å². The predicted molar refractivity (Wildman–Crippen MR) is 52.7 cm³/mol. The van der Waals surface area contributed by atoms with Gasteiger partial charge in [0.15, 0.2) is 0 Å². The van der Waals surface area contributed by atoms with Crippen LogP contribution in [0, 0.1) is 0 Å². The van der Waals surface area contributed by atoms with E-state index in [1.54, 1.807) is 0 Å². The number of aliphatic hydroxyl groups excluding tert-OH is 3. The van der Waals surface area contributed by atoms with Crippen LogP contribution in [0.4, 0.5) is 0 Å². The maximum atomic E-state index is 11.2. The first kappa shape index (κ1) is 16.0. The molecule has 0 aliphatic rings. The highest BCUT2D eigenvalue weighted by atomic mass is 31.2. The van der Waals surface area contributed by atoms with Gasteiger partial charge in [0.1, 0.15) is 12.2 Å². The summed E-state index contributed by atoms with van der Waals surface area (Å²) in [6, 6.07) is 0. The number of hydrogen-bond acceptors (Lipinski definition) is 7. The Kier molecular flexibility index (Phi) is 8.08. The van der Waals surface area contributed by atoms with Gasteiger partial charge in [-0.1, -0.05) is 0 Å². The van der Waals surface area contributed by atoms with Crippen LogP contribution in [-0.4, -0.2) is 66.0 Å². The summed E-state index contributed by atoms with van der Waals surface area (Å²) in [6.45, 7) is -1.80. The summed E-state index contributed by atoms with van der Waals surface area (Å²) in [5.41, 5.74) is 0. The molecule has 0 aliphatic heterocycles. The molecule has 0 heterocycles. The minimum atomic E-state index is -4.30. The molecule has 98 valence electrons. The van der Waals surface area contributed by atoms with Crippen LogP contribution in [0.3, 0.4) is 0 Å². The van der Waals surface area contributed by atoms with Crippen LogP contribution in [0.5, 0.6) is 0 Å². The Morgan fingerprint density at radius 1 is 1.19 bits per heavy atom. The van der Waals surface area contributed by atoms with Crippen molar-refractivity contribution < 1.29 is 38.6 Å². The fourth-order valence-electron chi connectivity index (χ4n) is 0.643. The van der Waals surface area contributed by atoms with E-state index < -0.39 is 33.2 Å². The number of ether oxygens (including phenoxy) is 1. The van der Waals surface area contributed by atoms with Crippen molar-refractivity contribution in [3.8, 4) is 0 Å². The molecular weight excluding hydrogens is 243 g/mol. The first-order valence-corrected chi connectivity index (χ1v) is 5.99. The van der Waals surface area contributed by atoms with Crippen molar-refractivity contribution in [3.63, 3.8) is 0 Å². The summed E-state index contributed by atoms with van der Waals surface area (Å²) >= 11 is 0. The number of methoxy groups -OCH3 is 1. The van der Waals surface area contributed by atoms with Crippen LogP contribution in [0.25, 0.3) is 0 Å². The van der Waals surface area contributed by atoms with Crippen LogP contribution in [0.1, 0.15) is 0 Å². The average molecular weight is 260 g/mol. The summed E-state index contributed by atoms with van der Waals surface area (Å²) in [7, 11) is -2.99. The number of phosphoric ester groups is 1. The minimum absolute atomic E-state index is 0.323. The monoisotopic (exact) mass is 260 g/mol. The van der Waals surface area contributed by atoms with Crippen molar-refractivity contribution in [2.24, 2.45) is 0 Å². The van der Waals surface area contributed by atoms with Crippen molar-refractivity contribution in [2.75, 3.05) is 33.5 Å². The molecule has 4 N–H and O–H groups in total. The number of rotatable bonds is 9. The molecule has 3 atom stereocenters. The van der Waals surface area contributed by atoms with E-state index in [2.05, 4.69) is 13.8 Å². The van der Waals surface area contributed by atoms with Gasteiger partial charge in [-0.2, -0.15) is 0 Å². The standard InChI is InChI=1S/C7H17O8P/c1-13-7(3-9)5-15-16(11,12)14-4-6(10)2-8/h6-10H,2-5H2,1H3,(H,11,12)/t6-,7+/m0/s1. The third-order valence-electron chi connectivity index (χ3n) is 1.60. The molecule has 0 amide bonds. The Bertz CT molecular complexity index is 218. The van der Waals surface area contributed by atoms with Gasteiger partial charge >= 0.3 is 7.82 Å². The molecule has 0 aromatic rings. The molecule has 0 saturated heterocycles. The van der Waals surface area contributed by atoms with Gasteiger partial charge in [0.2, 0.25) is 0 Å². The van der Waals surface area contributed by atoms with E-state index in [1.807, 2.05) is 0 Å². The normalized spacial score (nSPS) is 19.1. The lowest BCUT2D eigenvalue weighted by Gasteiger charge is -2.17. The van der Waals surface area contributed by atoms with Crippen molar-refractivity contribution in [1.29, 1.82) is 0 Å². The van der Waals surface area contributed by atoms with Gasteiger partial charge in [-0.25, -0.2) is 4.57 Å². The lowest BCUT2D eigenvalue weighted by Crippen LogP contribution is -2.23. The maximum Gasteiger partial charge on any atom is 0.472 e. The highest BCUT2D eigenvalue weighted by molar-refractivity contribution is 7.47. The van der Waals surface area contributed by atoms with Gasteiger partial charge in [-0.3, -0.25) is 9.05 Å². The Morgan fingerprint density at radius 3 is 2.19 bits per heavy atom. The van der Waals surface area contributed by atoms with Gasteiger partial charge in [0, 0.05) is 7.11 Å². The Morgan fingerprint density at radius 2 is 1.75 bits per heavy atom. The second kappa shape index (κ2) is 8.10. The zero-order chi connectivity index (χ0) is 12.6. The molecule has 0 aromatic carbocycles. The molecule has 0 saturated carbocycles. The van der Waals surface area contributed by atoms with E-state index in [-0.39, 0.29) is 13.2 Å². The van der Waals surface area contributed by atoms with E-state index in [4.69, 9.17) is 20.2 Å². The fourth-order valence-corrected chi connectivity index (χ4v) is 1.43. The zero-order valence-electron chi connectivity index (χ0n) is 8.85. The molecular formula is C7H17O8P. The van der Waals surface area contributed by atoms with E-state index in [0.29, 0.717) is 0 Å². The smallest absolute Gasteiger partial charge is 0.394 e. The summed E-state index contributed by atoms with van der Waals surface area (Å²) in [5, 5.41) is 26.0. The van der Waals surface area contributed by atoms with Gasteiger partial charge in [-0.05, 0) is 0 Å². The van der Waals surface area contributed by atoms with Crippen molar-refractivity contribution >= 4 is 7.82 Å². The van der Waals surface area contributed by atoms with Gasteiger partial charge in [0.05, 0.1) is 26.4 Å². The van der Waals surface area contributed by atoms with Crippen molar-refractivity contribution in [2.45, 2.75) is 12.2 Å². The van der Waals surface area contributed by atoms with Crippen LogP contribution >= 0.6 is 7.82 Å². The first-order valence-electron chi connectivity index (χ1n) is 4.49.